The van der Waals surface area contributed by atoms with Crippen molar-refractivity contribution >= 4 is 12.0 Å². The Hall–Kier alpha value is -3.31. The van der Waals surface area contributed by atoms with Gasteiger partial charge in [-0.1, -0.05) is 19.1 Å². The van der Waals surface area contributed by atoms with Gasteiger partial charge in [-0.2, -0.15) is 10.5 Å². The first-order chi connectivity index (χ1) is 12.9. The van der Waals surface area contributed by atoms with E-state index in [0.717, 1.165) is 35.5 Å². The lowest BCUT2D eigenvalue weighted by Crippen LogP contribution is -2.27. The van der Waals surface area contributed by atoms with Crippen molar-refractivity contribution in [3.63, 3.8) is 0 Å². The van der Waals surface area contributed by atoms with E-state index in [4.69, 9.17) is 5.26 Å². The quantitative estimate of drug-likeness (QED) is 0.620. The van der Waals surface area contributed by atoms with Gasteiger partial charge >= 0.3 is 0 Å². The molecule has 0 aliphatic rings. The predicted octanol–water partition coefficient (Wildman–Crippen LogP) is 4.17. The summed E-state index contributed by atoms with van der Waals surface area (Å²) in [6.45, 7) is 8.91. The summed E-state index contributed by atoms with van der Waals surface area (Å²) in [4.78, 5) is 12.6. The highest BCUT2D eigenvalue weighted by Crippen LogP contribution is 2.19. The molecule has 0 bridgehead atoms. The number of benzene rings is 1. The van der Waals surface area contributed by atoms with Crippen molar-refractivity contribution in [3.8, 4) is 12.1 Å². The fourth-order valence-corrected chi connectivity index (χ4v) is 3.05. The molecule has 1 N–H and O–H groups in total. The van der Waals surface area contributed by atoms with Gasteiger partial charge in [0.2, 0.25) is 0 Å². The Morgan fingerprint density at radius 2 is 1.93 bits per heavy atom. The van der Waals surface area contributed by atoms with Crippen LogP contribution in [0.5, 0.6) is 0 Å². The van der Waals surface area contributed by atoms with Crippen LogP contribution in [0.1, 0.15) is 54.4 Å². The Bertz CT molecular complexity index is 936. The largest absolute Gasteiger partial charge is 0.349 e. The summed E-state index contributed by atoms with van der Waals surface area (Å²) >= 11 is 0. The Morgan fingerprint density at radius 3 is 2.48 bits per heavy atom. The molecule has 1 aromatic carbocycles. The zero-order chi connectivity index (χ0) is 20.0. The van der Waals surface area contributed by atoms with Gasteiger partial charge in [0.25, 0.3) is 5.91 Å². The molecule has 0 aliphatic heterocycles. The third-order valence-electron chi connectivity index (χ3n) is 4.61. The van der Waals surface area contributed by atoms with E-state index in [-0.39, 0.29) is 11.6 Å². The molecular formula is C22H24N4O. The topological polar surface area (TPSA) is 81.6 Å². The molecule has 5 heteroatoms. The first-order valence-corrected chi connectivity index (χ1v) is 9.00. The molecule has 0 saturated heterocycles. The van der Waals surface area contributed by atoms with Gasteiger partial charge in [-0.15, -0.1) is 0 Å². The SMILES string of the molecule is CCCn1c(C)cc(/C=C(\C#N)C(=O)NC(C)c2ccc(C#N)cc2)c1C. The summed E-state index contributed by atoms with van der Waals surface area (Å²) in [5.74, 6) is -0.408. The molecule has 2 aromatic rings. The maximum absolute atomic E-state index is 12.6. The van der Waals surface area contributed by atoms with Crippen LogP contribution in [0.25, 0.3) is 6.08 Å². The number of amides is 1. The highest BCUT2D eigenvalue weighted by atomic mass is 16.1. The number of carbonyl (C=O) groups is 1. The van der Waals surface area contributed by atoms with Crippen molar-refractivity contribution in [1.29, 1.82) is 10.5 Å². The summed E-state index contributed by atoms with van der Waals surface area (Å²) in [5.41, 5.74) is 4.57. The molecule has 138 valence electrons. The molecule has 0 spiro atoms. The zero-order valence-corrected chi connectivity index (χ0v) is 16.2. The van der Waals surface area contributed by atoms with Crippen molar-refractivity contribution < 1.29 is 4.79 Å². The van der Waals surface area contributed by atoms with E-state index >= 15 is 0 Å². The van der Waals surface area contributed by atoms with E-state index in [2.05, 4.69) is 22.9 Å². The highest BCUT2D eigenvalue weighted by Gasteiger charge is 2.15. The summed E-state index contributed by atoms with van der Waals surface area (Å²) in [6, 6.07) is 12.8. The van der Waals surface area contributed by atoms with Gasteiger partial charge in [0.1, 0.15) is 11.6 Å². The van der Waals surface area contributed by atoms with Gasteiger partial charge in [-0.05, 0) is 62.6 Å². The zero-order valence-electron chi connectivity index (χ0n) is 16.2. The van der Waals surface area contributed by atoms with Crippen molar-refractivity contribution in [3.05, 3.63) is 64.0 Å². The molecule has 0 radical (unpaired) electrons. The molecule has 27 heavy (non-hydrogen) atoms. The number of rotatable bonds is 6. The van der Waals surface area contributed by atoms with E-state index < -0.39 is 5.91 Å². The number of nitrogens with zero attached hydrogens (tertiary/aromatic N) is 3. The highest BCUT2D eigenvalue weighted by molar-refractivity contribution is 6.02. The number of carbonyl (C=O) groups excluding carboxylic acids is 1. The number of nitrogens with one attached hydrogen (secondary N) is 1. The number of nitriles is 2. The van der Waals surface area contributed by atoms with Gasteiger partial charge in [0, 0.05) is 17.9 Å². The van der Waals surface area contributed by atoms with E-state index in [0.29, 0.717) is 5.56 Å². The maximum Gasteiger partial charge on any atom is 0.262 e. The van der Waals surface area contributed by atoms with Crippen LogP contribution in [-0.2, 0) is 11.3 Å². The van der Waals surface area contributed by atoms with E-state index in [1.165, 1.54) is 0 Å². The minimum absolute atomic E-state index is 0.0762. The van der Waals surface area contributed by atoms with Crippen LogP contribution >= 0.6 is 0 Å². The molecule has 1 unspecified atom stereocenters. The van der Waals surface area contributed by atoms with Crippen LogP contribution in [0.3, 0.4) is 0 Å². The molecule has 5 nitrogen and oxygen atoms in total. The molecule has 1 amide bonds. The van der Waals surface area contributed by atoms with Gasteiger partial charge in [-0.3, -0.25) is 4.79 Å². The minimum Gasteiger partial charge on any atom is -0.349 e. The fourth-order valence-electron chi connectivity index (χ4n) is 3.05. The van der Waals surface area contributed by atoms with E-state index in [1.807, 2.05) is 32.9 Å². The monoisotopic (exact) mass is 360 g/mol. The lowest BCUT2D eigenvalue weighted by Gasteiger charge is -2.14. The third-order valence-corrected chi connectivity index (χ3v) is 4.61. The number of aromatic nitrogens is 1. The Labute approximate surface area is 160 Å². The van der Waals surface area contributed by atoms with Crippen molar-refractivity contribution in [2.75, 3.05) is 0 Å². The number of hydrogen-bond acceptors (Lipinski definition) is 3. The van der Waals surface area contributed by atoms with Crippen molar-refractivity contribution in [2.45, 2.75) is 46.7 Å². The molecular weight excluding hydrogens is 336 g/mol. The molecule has 1 aromatic heterocycles. The van der Waals surface area contributed by atoms with Crippen LogP contribution in [0.4, 0.5) is 0 Å². The van der Waals surface area contributed by atoms with Crippen LogP contribution in [0, 0.1) is 36.5 Å². The lowest BCUT2D eigenvalue weighted by atomic mass is 10.1. The lowest BCUT2D eigenvalue weighted by molar-refractivity contribution is -0.117. The van der Waals surface area contributed by atoms with Gasteiger partial charge in [0.15, 0.2) is 0 Å². The van der Waals surface area contributed by atoms with Crippen LogP contribution < -0.4 is 5.32 Å². The summed E-state index contributed by atoms with van der Waals surface area (Å²) in [6.07, 6.45) is 2.67. The molecule has 1 heterocycles. The summed E-state index contributed by atoms with van der Waals surface area (Å²) in [7, 11) is 0. The molecule has 0 fully saturated rings. The first kappa shape index (κ1) is 20.0. The summed E-state index contributed by atoms with van der Waals surface area (Å²) in [5, 5.41) is 21.2. The summed E-state index contributed by atoms with van der Waals surface area (Å²) < 4.78 is 2.19. The van der Waals surface area contributed by atoms with E-state index in [9.17, 15) is 10.1 Å². The fraction of sp³-hybridized carbons (Fsp3) is 0.318. The molecule has 0 aliphatic carbocycles. The maximum atomic E-state index is 12.6. The normalized spacial score (nSPS) is 12.1. The Kier molecular flexibility index (Phi) is 6.57. The van der Waals surface area contributed by atoms with Gasteiger partial charge in [-0.25, -0.2) is 0 Å². The average molecular weight is 360 g/mol. The Balaban J connectivity index is 2.20. The Morgan fingerprint density at radius 1 is 1.26 bits per heavy atom. The van der Waals surface area contributed by atoms with Gasteiger partial charge in [0.05, 0.1) is 17.7 Å². The second kappa shape index (κ2) is 8.87. The number of hydrogen-bond donors (Lipinski definition) is 1. The van der Waals surface area contributed by atoms with Gasteiger partial charge < -0.3 is 9.88 Å². The van der Waals surface area contributed by atoms with Crippen molar-refractivity contribution in [2.24, 2.45) is 0 Å². The standard InChI is InChI=1S/C22H24N4O/c1-5-10-26-15(2)11-20(17(26)4)12-21(14-24)22(27)25-16(3)19-8-6-18(13-23)7-9-19/h6-9,11-12,16H,5,10H2,1-4H3,(H,25,27)/b21-12+. The molecule has 2 rings (SSSR count). The molecule has 1 atom stereocenters. The van der Waals surface area contributed by atoms with Crippen LogP contribution in [0.2, 0.25) is 0 Å². The second-order valence-electron chi connectivity index (χ2n) is 6.58. The van der Waals surface area contributed by atoms with Crippen LogP contribution in [-0.4, -0.2) is 10.5 Å². The second-order valence-corrected chi connectivity index (χ2v) is 6.58. The molecule has 0 saturated carbocycles. The van der Waals surface area contributed by atoms with Crippen LogP contribution in [0.15, 0.2) is 35.9 Å². The third kappa shape index (κ3) is 4.65. The van der Waals surface area contributed by atoms with Crippen molar-refractivity contribution in [1.82, 2.24) is 9.88 Å². The predicted molar refractivity (Wildman–Crippen MR) is 106 cm³/mol. The first-order valence-electron chi connectivity index (χ1n) is 9.00. The minimum atomic E-state index is -0.408. The average Bonchev–Trinajstić information content (AvgIpc) is 2.93. The number of aryl methyl sites for hydroxylation is 1. The smallest absolute Gasteiger partial charge is 0.262 e. The van der Waals surface area contributed by atoms with E-state index in [1.54, 1.807) is 30.3 Å².